The van der Waals surface area contributed by atoms with E-state index < -0.39 is 23.5 Å². The zero-order valence-corrected chi connectivity index (χ0v) is 18.6. The van der Waals surface area contributed by atoms with E-state index in [0.29, 0.717) is 22.7 Å². The lowest BCUT2D eigenvalue weighted by Crippen LogP contribution is -2.33. The maximum Gasteiger partial charge on any atom is 0.573 e. The van der Waals surface area contributed by atoms with E-state index in [-0.39, 0.29) is 12.3 Å². The fourth-order valence-corrected chi connectivity index (χ4v) is 4.67. The number of rotatable bonds is 7. The summed E-state index contributed by atoms with van der Waals surface area (Å²) in [5, 5.41) is 4.14. The number of thioether (sulfide) groups is 1. The van der Waals surface area contributed by atoms with E-state index in [1.807, 2.05) is 17.0 Å². The van der Waals surface area contributed by atoms with Crippen molar-refractivity contribution in [1.29, 1.82) is 0 Å². The summed E-state index contributed by atoms with van der Waals surface area (Å²) >= 11 is 1.14. The van der Waals surface area contributed by atoms with Crippen LogP contribution in [0.4, 0.5) is 13.2 Å². The van der Waals surface area contributed by atoms with E-state index in [4.69, 9.17) is 5.73 Å². The van der Waals surface area contributed by atoms with Crippen LogP contribution in [0.5, 0.6) is 5.75 Å². The van der Waals surface area contributed by atoms with Crippen molar-refractivity contribution in [2.45, 2.75) is 31.9 Å². The molecule has 4 rings (SSSR count). The Hall–Kier alpha value is -3.74. The normalized spacial score (nSPS) is 16.2. The van der Waals surface area contributed by atoms with E-state index >= 15 is 0 Å². The summed E-state index contributed by atoms with van der Waals surface area (Å²) in [6, 6.07) is 10.6. The lowest BCUT2D eigenvalue weighted by molar-refractivity contribution is -0.274. The molecule has 1 aliphatic rings. The SMILES string of the molecule is CC1=C(C(N)=O)SC(n2cnn(Cc3ccc(OC(F)(F)F)cc3)c2=O)N1Cc1ccccn1. The first-order valence-electron chi connectivity index (χ1n) is 9.95. The standard InChI is InChI=1S/C21H19F3N6O3S/c1-13-17(18(25)31)34-20(28(13)11-15-4-2-3-9-26-15)29-12-27-30(19(29)32)10-14-5-7-16(8-6-14)33-21(22,23)24/h2-9,12,20H,10-11H2,1H3,(H2,25,31). The van der Waals surface area contributed by atoms with Gasteiger partial charge in [0.2, 0.25) is 0 Å². The molecule has 1 aliphatic heterocycles. The van der Waals surface area contributed by atoms with Crippen LogP contribution < -0.4 is 16.2 Å². The fourth-order valence-electron chi connectivity index (χ4n) is 3.44. The largest absolute Gasteiger partial charge is 0.573 e. The molecule has 2 aromatic heterocycles. The number of amides is 1. The molecule has 13 heteroatoms. The van der Waals surface area contributed by atoms with Gasteiger partial charge in [0, 0.05) is 11.9 Å². The molecular formula is C21H19F3N6O3S. The van der Waals surface area contributed by atoms with Crippen molar-refractivity contribution in [3.8, 4) is 5.75 Å². The molecule has 0 fully saturated rings. The lowest BCUT2D eigenvalue weighted by atomic mass is 10.2. The Morgan fingerprint density at radius 2 is 1.91 bits per heavy atom. The van der Waals surface area contributed by atoms with E-state index in [1.54, 1.807) is 19.2 Å². The molecule has 3 heterocycles. The number of carbonyl (C=O) groups excluding carboxylic acids is 1. The number of primary amides is 1. The van der Waals surface area contributed by atoms with Crippen LogP contribution in [0.25, 0.3) is 0 Å². The predicted octanol–water partition coefficient (Wildman–Crippen LogP) is 2.81. The average molecular weight is 492 g/mol. The number of hydrogen-bond donors (Lipinski definition) is 1. The van der Waals surface area contributed by atoms with Crippen molar-refractivity contribution in [2.75, 3.05) is 0 Å². The fraction of sp³-hybridized carbons (Fsp3) is 0.238. The molecule has 0 spiro atoms. The molecule has 1 atom stereocenters. The summed E-state index contributed by atoms with van der Waals surface area (Å²) in [5.41, 5.74) is 6.36. The van der Waals surface area contributed by atoms with Crippen LogP contribution in [-0.4, -0.2) is 36.5 Å². The van der Waals surface area contributed by atoms with E-state index in [1.165, 1.54) is 39.8 Å². The van der Waals surface area contributed by atoms with E-state index in [2.05, 4.69) is 14.8 Å². The topological polar surface area (TPSA) is 108 Å². The number of nitrogens with two attached hydrogens (primary N) is 1. The molecule has 0 bridgehead atoms. The van der Waals surface area contributed by atoms with E-state index in [0.717, 1.165) is 17.5 Å². The van der Waals surface area contributed by atoms with Crippen LogP contribution in [0, 0.1) is 0 Å². The Kier molecular flexibility index (Phi) is 6.37. The first-order valence-corrected chi connectivity index (χ1v) is 10.8. The minimum atomic E-state index is -4.78. The van der Waals surface area contributed by atoms with Crippen LogP contribution in [0.1, 0.15) is 23.7 Å². The van der Waals surface area contributed by atoms with Crippen LogP contribution in [-0.2, 0) is 17.9 Å². The monoisotopic (exact) mass is 492 g/mol. The van der Waals surface area contributed by atoms with Crippen molar-refractivity contribution in [3.63, 3.8) is 0 Å². The third-order valence-corrected chi connectivity index (χ3v) is 6.44. The van der Waals surface area contributed by atoms with Gasteiger partial charge in [-0.25, -0.2) is 9.48 Å². The number of aromatic nitrogens is 4. The van der Waals surface area contributed by atoms with Gasteiger partial charge in [-0.05, 0) is 36.8 Å². The van der Waals surface area contributed by atoms with Gasteiger partial charge in [-0.15, -0.1) is 13.2 Å². The van der Waals surface area contributed by atoms with E-state index in [9.17, 15) is 22.8 Å². The van der Waals surface area contributed by atoms with Crippen molar-refractivity contribution >= 4 is 17.7 Å². The summed E-state index contributed by atoms with van der Waals surface area (Å²) in [5.74, 6) is -0.959. The number of allylic oxidation sites excluding steroid dienone is 1. The van der Waals surface area contributed by atoms with Gasteiger partial charge in [-0.2, -0.15) is 5.10 Å². The number of hydrogen-bond acceptors (Lipinski definition) is 7. The Bertz CT molecular complexity index is 1270. The molecule has 1 amide bonds. The van der Waals surface area contributed by atoms with Crippen molar-refractivity contribution in [1.82, 2.24) is 24.2 Å². The molecule has 0 saturated carbocycles. The number of benzene rings is 1. The maximum atomic E-state index is 13.1. The van der Waals surface area contributed by atoms with Gasteiger partial charge in [0.15, 0.2) is 5.50 Å². The third kappa shape index (κ3) is 5.09. The summed E-state index contributed by atoms with van der Waals surface area (Å²) in [6.45, 7) is 2.11. The first-order chi connectivity index (χ1) is 16.1. The molecule has 3 aromatic rings. The molecule has 2 N–H and O–H groups in total. The molecule has 1 unspecified atom stereocenters. The van der Waals surface area contributed by atoms with Gasteiger partial charge < -0.3 is 15.4 Å². The second-order valence-electron chi connectivity index (χ2n) is 7.34. The number of halogens is 3. The van der Waals surface area contributed by atoms with Gasteiger partial charge >= 0.3 is 12.1 Å². The van der Waals surface area contributed by atoms with Gasteiger partial charge in [-0.1, -0.05) is 30.0 Å². The van der Waals surface area contributed by atoms with Crippen LogP contribution >= 0.6 is 11.8 Å². The van der Waals surface area contributed by atoms with Gasteiger partial charge in [0.1, 0.15) is 12.1 Å². The van der Waals surface area contributed by atoms with Gasteiger partial charge in [0.25, 0.3) is 5.91 Å². The molecule has 0 saturated heterocycles. The molecule has 1 aromatic carbocycles. The second kappa shape index (κ2) is 9.25. The summed E-state index contributed by atoms with van der Waals surface area (Å²) < 4.78 is 43.4. The Labute approximate surface area is 195 Å². The van der Waals surface area contributed by atoms with Crippen LogP contribution in [0.2, 0.25) is 0 Å². The molecule has 0 aliphatic carbocycles. The molecule has 0 radical (unpaired) electrons. The minimum Gasteiger partial charge on any atom is -0.406 e. The zero-order valence-electron chi connectivity index (χ0n) is 17.8. The van der Waals surface area contributed by atoms with Crippen LogP contribution in [0.3, 0.4) is 0 Å². The van der Waals surface area contributed by atoms with Crippen molar-refractivity contribution in [2.24, 2.45) is 5.73 Å². The summed E-state index contributed by atoms with van der Waals surface area (Å²) in [7, 11) is 0. The number of carbonyl (C=O) groups is 1. The first kappa shape index (κ1) is 23.4. The number of pyridine rings is 1. The van der Waals surface area contributed by atoms with Crippen LogP contribution in [0.15, 0.2) is 70.4 Å². The van der Waals surface area contributed by atoms with Gasteiger partial charge in [0.05, 0.1) is 23.7 Å². The Morgan fingerprint density at radius 1 is 1.18 bits per heavy atom. The Balaban J connectivity index is 1.57. The van der Waals surface area contributed by atoms with Crippen molar-refractivity contribution < 1.29 is 22.7 Å². The molecule has 9 nitrogen and oxygen atoms in total. The molecular weight excluding hydrogens is 473 g/mol. The highest BCUT2D eigenvalue weighted by Gasteiger charge is 2.35. The predicted molar refractivity (Wildman–Crippen MR) is 117 cm³/mol. The maximum absolute atomic E-state index is 13.1. The number of ether oxygens (including phenoxy) is 1. The quantitative estimate of drug-likeness (QED) is 0.540. The summed E-state index contributed by atoms with van der Waals surface area (Å²) in [6.07, 6.45) is -1.78. The highest BCUT2D eigenvalue weighted by atomic mass is 32.2. The van der Waals surface area contributed by atoms with Gasteiger partial charge in [-0.3, -0.25) is 14.3 Å². The zero-order chi connectivity index (χ0) is 24.5. The second-order valence-corrected chi connectivity index (χ2v) is 8.41. The van der Waals surface area contributed by atoms with Crippen molar-refractivity contribution in [3.05, 3.63) is 87.3 Å². The minimum absolute atomic E-state index is 0.0326. The number of nitrogens with zero attached hydrogens (tertiary/aromatic N) is 5. The molecule has 34 heavy (non-hydrogen) atoms. The summed E-state index contributed by atoms with van der Waals surface area (Å²) in [4.78, 5) is 31.5. The Morgan fingerprint density at radius 3 is 2.53 bits per heavy atom. The number of alkyl halides is 3. The average Bonchev–Trinajstić information content (AvgIpc) is 3.29. The highest BCUT2D eigenvalue weighted by molar-refractivity contribution is 8.04. The third-order valence-electron chi connectivity index (χ3n) is 5.02. The highest BCUT2D eigenvalue weighted by Crippen LogP contribution is 2.44. The smallest absolute Gasteiger partial charge is 0.406 e. The lowest BCUT2D eigenvalue weighted by Gasteiger charge is -2.27. The molecule has 178 valence electrons.